The van der Waals surface area contributed by atoms with Crippen molar-refractivity contribution in [2.75, 3.05) is 13.2 Å². The van der Waals surface area contributed by atoms with E-state index in [0.29, 0.717) is 17.3 Å². The van der Waals surface area contributed by atoms with Gasteiger partial charge in [-0.05, 0) is 60.9 Å². The third kappa shape index (κ3) is 3.40. The number of ether oxygens (including phenoxy) is 1. The average molecular weight is 373 g/mol. The van der Waals surface area contributed by atoms with E-state index in [2.05, 4.69) is 10.3 Å². The summed E-state index contributed by atoms with van der Waals surface area (Å²) >= 11 is 5.82. The van der Waals surface area contributed by atoms with Gasteiger partial charge in [-0.25, -0.2) is 4.39 Å². The van der Waals surface area contributed by atoms with Gasteiger partial charge in [0, 0.05) is 34.1 Å². The molecule has 0 aliphatic heterocycles. The number of rotatable bonds is 6. The molecule has 0 unspecified atom stereocenters. The number of carbonyl (C=O) groups is 1. The lowest BCUT2D eigenvalue weighted by atomic mass is 9.95. The quantitative estimate of drug-likeness (QED) is 0.681. The lowest BCUT2D eigenvalue weighted by Gasteiger charge is -2.16. The van der Waals surface area contributed by atoms with Crippen LogP contribution in [0.15, 0.2) is 48.7 Å². The van der Waals surface area contributed by atoms with Crippen molar-refractivity contribution >= 4 is 28.4 Å². The summed E-state index contributed by atoms with van der Waals surface area (Å²) < 4.78 is 18.8. The number of aromatic amines is 1. The van der Waals surface area contributed by atoms with Crippen molar-refractivity contribution < 1.29 is 13.9 Å². The molecule has 1 aliphatic carbocycles. The van der Waals surface area contributed by atoms with Crippen LogP contribution in [-0.4, -0.2) is 24.0 Å². The van der Waals surface area contributed by atoms with E-state index in [1.165, 1.54) is 12.1 Å². The Labute approximate surface area is 155 Å². The summed E-state index contributed by atoms with van der Waals surface area (Å²) in [4.78, 5) is 15.2. The highest BCUT2D eigenvalue weighted by Crippen LogP contribution is 2.50. The molecule has 1 aliphatic rings. The molecule has 6 heteroatoms. The molecule has 3 aromatic rings. The lowest BCUT2D eigenvalue weighted by molar-refractivity contribution is -0.123. The minimum Gasteiger partial charge on any atom is -0.484 e. The topological polar surface area (TPSA) is 54.1 Å². The number of nitrogens with one attached hydrogen (secondary N) is 2. The van der Waals surface area contributed by atoms with Crippen molar-refractivity contribution in [3.63, 3.8) is 0 Å². The number of hydrogen-bond donors (Lipinski definition) is 2. The van der Waals surface area contributed by atoms with Crippen LogP contribution in [0.5, 0.6) is 5.75 Å². The first-order chi connectivity index (χ1) is 12.6. The van der Waals surface area contributed by atoms with Crippen LogP contribution in [0.4, 0.5) is 4.39 Å². The predicted octanol–water partition coefficient (Wildman–Crippen LogP) is 4.19. The lowest BCUT2D eigenvalue weighted by Crippen LogP contribution is -2.35. The molecule has 4 nitrogen and oxygen atoms in total. The number of fused-ring (bicyclic) bond motifs is 1. The van der Waals surface area contributed by atoms with Gasteiger partial charge in [-0.2, -0.15) is 0 Å². The van der Waals surface area contributed by atoms with Gasteiger partial charge in [0.15, 0.2) is 6.61 Å². The van der Waals surface area contributed by atoms with Gasteiger partial charge in [-0.1, -0.05) is 11.6 Å². The summed E-state index contributed by atoms with van der Waals surface area (Å²) in [7, 11) is 0. The first kappa shape index (κ1) is 16.9. The van der Waals surface area contributed by atoms with Crippen molar-refractivity contribution in [1.29, 1.82) is 0 Å². The van der Waals surface area contributed by atoms with Crippen LogP contribution in [0.1, 0.15) is 18.4 Å². The van der Waals surface area contributed by atoms with Gasteiger partial charge in [0.05, 0.1) is 0 Å². The zero-order valence-corrected chi connectivity index (χ0v) is 14.8. The molecule has 1 saturated carbocycles. The van der Waals surface area contributed by atoms with E-state index in [1.807, 2.05) is 6.20 Å². The molecule has 0 saturated heterocycles. The Morgan fingerprint density at radius 1 is 1.23 bits per heavy atom. The minimum atomic E-state index is -0.261. The molecule has 4 rings (SSSR count). The first-order valence-corrected chi connectivity index (χ1v) is 8.86. The molecule has 0 radical (unpaired) electrons. The largest absolute Gasteiger partial charge is 0.484 e. The molecule has 2 aromatic carbocycles. The Morgan fingerprint density at radius 2 is 2.00 bits per heavy atom. The van der Waals surface area contributed by atoms with Crippen molar-refractivity contribution in [2.24, 2.45) is 0 Å². The maximum atomic E-state index is 13.4. The smallest absolute Gasteiger partial charge is 0.257 e. The van der Waals surface area contributed by atoms with E-state index < -0.39 is 0 Å². The number of aromatic nitrogens is 1. The molecule has 1 heterocycles. The first-order valence-electron chi connectivity index (χ1n) is 8.48. The van der Waals surface area contributed by atoms with E-state index in [0.717, 1.165) is 29.3 Å². The molecular formula is C20H18ClFN2O2. The fraction of sp³-hybridized carbons (Fsp3) is 0.250. The van der Waals surface area contributed by atoms with Gasteiger partial charge in [-0.3, -0.25) is 4.79 Å². The standard InChI is InChI=1S/C20H18ClFN2O2/c21-13-1-4-15(5-2-13)26-11-19(25)24-12-20(7-8-20)17-10-23-18-9-14(22)3-6-16(17)18/h1-6,9-10,23H,7-8,11-12H2,(H,24,25). The van der Waals surface area contributed by atoms with E-state index >= 15 is 0 Å². The van der Waals surface area contributed by atoms with Gasteiger partial charge in [-0.15, -0.1) is 0 Å². The molecule has 134 valence electrons. The highest BCUT2D eigenvalue weighted by molar-refractivity contribution is 6.30. The molecule has 1 aromatic heterocycles. The van der Waals surface area contributed by atoms with Gasteiger partial charge < -0.3 is 15.0 Å². The van der Waals surface area contributed by atoms with E-state index in [9.17, 15) is 9.18 Å². The molecule has 1 fully saturated rings. The van der Waals surface area contributed by atoms with E-state index in [4.69, 9.17) is 16.3 Å². The SMILES string of the molecule is O=C(COc1ccc(Cl)cc1)NCC1(c2c[nH]c3cc(F)ccc23)CC1. The summed E-state index contributed by atoms with van der Waals surface area (Å²) in [5.74, 6) is 0.171. The van der Waals surface area contributed by atoms with Crippen LogP contribution in [0, 0.1) is 5.82 Å². The maximum absolute atomic E-state index is 13.4. The number of halogens is 2. The number of hydrogen-bond acceptors (Lipinski definition) is 2. The predicted molar refractivity (Wildman–Crippen MR) is 99.1 cm³/mol. The molecule has 0 atom stereocenters. The summed E-state index contributed by atoms with van der Waals surface area (Å²) in [6.45, 7) is 0.497. The van der Waals surface area contributed by atoms with Crippen LogP contribution < -0.4 is 10.1 Å². The number of H-pyrrole nitrogens is 1. The van der Waals surface area contributed by atoms with Crippen LogP contribution in [0.25, 0.3) is 10.9 Å². The zero-order chi connectivity index (χ0) is 18.1. The Hall–Kier alpha value is -2.53. The maximum Gasteiger partial charge on any atom is 0.257 e. The van der Waals surface area contributed by atoms with Crippen molar-refractivity contribution in [2.45, 2.75) is 18.3 Å². The molecule has 26 heavy (non-hydrogen) atoms. The summed E-state index contributed by atoms with van der Waals surface area (Å²) in [6, 6.07) is 11.6. The van der Waals surface area contributed by atoms with Crippen molar-refractivity contribution in [1.82, 2.24) is 10.3 Å². The summed E-state index contributed by atoms with van der Waals surface area (Å²) in [6.07, 6.45) is 3.92. The number of benzene rings is 2. The van der Waals surface area contributed by atoms with Crippen molar-refractivity contribution in [3.05, 3.63) is 65.1 Å². The minimum absolute atomic E-state index is 0.0448. The third-order valence-corrected chi connectivity index (χ3v) is 5.13. The molecule has 0 bridgehead atoms. The second-order valence-electron chi connectivity index (χ2n) is 6.69. The Morgan fingerprint density at radius 3 is 2.73 bits per heavy atom. The van der Waals surface area contributed by atoms with Gasteiger partial charge >= 0.3 is 0 Å². The molecule has 0 spiro atoms. The Bertz CT molecular complexity index is 948. The van der Waals surface area contributed by atoms with Gasteiger partial charge in [0.2, 0.25) is 0 Å². The monoisotopic (exact) mass is 372 g/mol. The second kappa shape index (κ2) is 6.65. The summed E-state index contributed by atoms with van der Waals surface area (Å²) in [5, 5.41) is 4.58. The van der Waals surface area contributed by atoms with E-state index in [-0.39, 0.29) is 23.7 Å². The highest BCUT2D eigenvalue weighted by Gasteiger charge is 2.45. The van der Waals surface area contributed by atoms with Crippen molar-refractivity contribution in [3.8, 4) is 5.75 Å². The average Bonchev–Trinajstić information content (AvgIpc) is 3.31. The van der Waals surface area contributed by atoms with Crippen LogP contribution >= 0.6 is 11.6 Å². The normalized spacial score (nSPS) is 15.0. The van der Waals surface area contributed by atoms with Crippen LogP contribution in [-0.2, 0) is 10.2 Å². The molecular weight excluding hydrogens is 355 g/mol. The fourth-order valence-corrected chi connectivity index (χ4v) is 3.35. The zero-order valence-electron chi connectivity index (χ0n) is 14.0. The summed E-state index contributed by atoms with van der Waals surface area (Å²) in [5.41, 5.74) is 1.83. The van der Waals surface area contributed by atoms with Gasteiger partial charge in [0.1, 0.15) is 11.6 Å². The fourth-order valence-electron chi connectivity index (χ4n) is 3.23. The van der Waals surface area contributed by atoms with E-state index in [1.54, 1.807) is 30.3 Å². The number of carbonyl (C=O) groups excluding carboxylic acids is 1. The second-order valence-corrected chi connectivity index (χ2v) is 7.13. The molecule has 2 N–H and O–H groups in total. The molecule has 1 amide bonds. The Kier molecular flexibility index (Phi) is 4.32. The van der Waals surface area contributed by atoms with Gasteiger partial charge in [0.25, 0.3) is 5.91 Å². The highest BCUT2D eigenvalue weighted by atomic mass is 35.5. The Balaban J connectivity index is 1.37. The third-order valence-electron chi connectivity index (χ3n) is 4.88. The van der Waals surface area contributed by atoms with Crippen LogP contribution in [0.2, 0.25) is 5.02 Å². The number of amides is 1. The van der Waals surface area contributed by atoms with Crippen LogP contribution in [0.3, 0.4) is 0 Å².